The van der Waals surface area contributed by atoms with E-state index in [1.807, 2.05) is 32.0 Å². The van der Waals surface area contributed by atoms with E-state index in [2.05, 4.69) is 18.7 Å². The van der Waals surface area contributed by atoms with Crippen LogP contribution in [0.4, 0.5) is 10.1 Å². The Hall–Kier alpha value is -2.95. The predicted molar refractivity (Wildman–Crippen MR) is 116 cm³/mol. The highest BCUT2D eigenvalue weighted by molar-refractivity contribution is 6.45. The summed E-state index contributed by atoms with van der Waals surface area (Å²) in [6, 6.07) is 11.6. The van der Waals surface area contributed by atoms with Crippen LogP contribution in [0, 0.1) is 31.5 Å². The average Bonchev–Trinajstić information content (AvgIpc) is 2.94. The summed E-state index contributed by atoms with van der Waals surface area (Å²) in [5.41, 5.74) is 3.82. The van der Waals surface area contributed by atoms with Crippen molar-refractivity contribution in [1.29, 1.82) is 0 Å². The largest absolute Gasteiger partial charge is 0.366 e. The molecule has 2 atom stereocenters. The zero-order valence-corrected chi connectivity index (χ0v) is 17.9. The van der Waals surface area contributed by atoms with Crippen LogP contribution in [0.2, 0.25) is 0 Å². The van der Waals surface area contributed by atoms with Crippen molar-refractivity contribution < 1.29 is 14.0 Å². The number of nitrogens with zero attached hydrogens (tertiary/aromatic N) is 2. The van der Waals surface area contributed by atoms with E-state index in [0.717, 1.165) is 30.6 Å². The second-order valence-corrected chi connectivity index (χ2v) is 8.82. The molecule has 2 aromatic carbocycles. The second-order valence-electron chi connectivity index (χ2n) is 8.82. The molecule has 156 valence electrons. The molecule has 2 amide bonds. The maximum atomic E-state index is 13.7. The molecule has 0 spiro atoms. The van der Waals surface area contributed by atoms with Crippen LogP contribution in [0.15, 0.2) is 48.2 Å². The van der Waals surface area contributed by atoms with Crippen LogP contribution in [0.3, 0.4) is 0 Å². The van der Waals surface area contributed by atoms with Gasteiger partial charge in [-0.25, -0.2) is 9.29 Å². The van der Waals surface area contributed by atoms with Crippen molar-refractivity contribution in [2.24, 2.45) is 11.8 Å². The number of amides is 2. The number of hydrogen-bond acceptors (Lipinski definition) is 3. The molecule has 0 aromatic heterocycles. The van der Waals surface area contributed by atoms with Gasteiger partial charge in [0.05, 0.1) is 11.3 Å². The topological polar surface area (TPSA) is 40.6 Å². The minimum atomic E-state index is -0.371. The molecule has 0 bridgehead atoms. The van der Waals surface area contributed by atoms with Crippen molar-refractivity contribution in [3.05, 3.63) is 70.7 Å². The van der Waals surface area contributed by atoms with E-state index in [0.29, 0.717) is 34.4 Å². The van der Waals surface area contributed by atoms with E-state index >= 15 is 0 Å². The van der Waals surface area contributed by atoms with Crippen LogP contribution in [-0.4, -0.2) is 29.8 Å². The Morgan fingerprint density at radius 1 is 0.900 bits per heavy atom. The number of imide groups is 1. The van der Waals surface area contributed by atoms with Gasteiger partial charge in [-0.1, -0.05) is 38.1 Å². The number of hydrogen-bond donors (Lipinski definition) is 0. The van der Waals surface area contributed by atoms with Gasteiger partial charge in [0.2, 0.25) is 0 Å². The Balaban J connectivity index is 1.86. The fourth-order valence-corrected chi connectivity index (χ4v) is 4.71. The summed E-state index contributed by atoms with van der Waals surface area (Å²) in [6.07, 6.45) is 1.10. The zero-order chi connectivity index (χ0) is 21.6. The van der Waals surface area contributed by atoms with E-state index < -0.39 is 0 Å². The van der Waals surface area contributed by atoms with E-state index in [9.17, 15) is 14.0 Å². The summed E-state index contributed by atoms with van der Waals surface area (Å²) in [7, 11) is 0. The first-order valence-corrected chi connectivity index (χ1v) is 10.5. The number of aryl methyl sites for hydroxylation is 2. The number of piperidine rings is 1. The molecule has 30 heavy (non-hydrogen) atoms. The summed E-state index contributed by atoms with van der Waals surface area (Å²) in [5.74, 6) is -0.165. The Labute approximate surface area is 177 Å². The van der Waals surface area contributed by atoms with Crippen molar-refractivity contribution in [3.8, 4) is 0 Å². The van der Waals surface area contributed by atoms with E-state index in [4.69, 9.17) is 0 Å². The van der Waals surface area contributed by atoms with Gasteiger partial charge in [-0.05, 0) is 67.0 Å². The molecule has 0 N–H and O–H groups in total. The number of carbonyl (C=O) groups is 2. The molecule has 0 radical (unpaired) electrons. The van der Waals surface area contributed by atoms with Crippen molar-refractivity contribution in [1.82, 2.24) is 4.90 Å². The summed E-state index contributed by atoms with van der Waals surface area (Å²) < 4.78 is 13.6. The van der Waals surface area contributed by atoms with E-state index in [1.165, 1.54) is 17.0 Å². The zero-order valence-electron chi connectivity index (χ0n) is 17.9. The quantitative estimate of drug-likeness (QED) is 0.694. The van der Waals surface area contributed by atoms with Crippen LogP contribution in [0.1, 0.15) is 37.0 Å². The fraction of sp³-hybridized carbons (Fsp3) is 0.360. The van der Waals surface area contributed by atoms with Gasteiger partial charge < -0.3 is 4.90 Å². The minimum absolute atomic E-state index is 0.297. The lowest BCUT2D eigenvalue weighted by Gasteiger charge is -2.37. The normalized spacial score (nSPS) is 22.3. The van der Waals surface area contributed by atoms with Crippen molar-refractivity contribution in [2.75, 3.05) is 18.0 Å². The van der Waals surface area contributed by atoms with Crippen LogP contribution in [-0.2, 0) is 9.59 Å². The number of carbonyl (C=O) groups excluding carboxylic acids is 2. The number of halogens is 1. The summed E-state index contributed by atoms with van der Waals surface area (Å²) >= 11 is 0. The highest BCUT2D eigenvalue weighted by Crippen LogP contribution is 2.38. The lowest BCUT2D eigenvalue weighted by Crippen LogP contribution is -2.42. The first-order chi connectivity index (χ1) is 14.3. The Kier molecular flexibility index (Phi) is 5.22. The molecule has 4 rings (SSSR count). The standard InChI is InChI=1S/C25H27FN2O2/c1-15-5-6-18(4)21(12-15)28-24(29)22(19-7-9-20(26)10-8-19)23(25(28)30)27-13-16(2)11-17(3)14-27/h5-10,12,16-17H,11,13-14H2,1-4H3. The highest BCUT2D eigenvalue weighted by Gasteiger charge is 2.44. The lowest BCUT2D eigenvalue weighted by atomic mass is 9.91. The van der Waals surface area contributed by atoms with Crippen molar-refractivity contribution in [3.63, 3.8) is 0 Å². The summed E-state index contributed by atoms with van der Waals surface area (Å²) in [6.45, 7) is 9.64. The molecule has 4 nitrogen and oxygen atoms in total. The Morgan fingerprint density at radius 2 is 1.53 bits per heavy atom. The molecule has 5 heteroatoms. The molecule has 0 saturated carbocycles. The van der Waals surface area contributed by atoms with Crippen molar-refractivity contribution in [2.45, 2.75) is 34.1 Å². The third-order valence-electron chi connectivity index (χ3n) is 5.98. The number of rotatable bonds is 3. The van der Waals surface area contributed by atoms with Gasteiger partial charge >= 0.3 is 0 Å². The molecule has 1 fully saturated rings. The molecule has 2 heterocycles. The average molecular weight is 407 g/mol. The first kappa shape index (κ1) is 20.3. The van der Waals surface area contributed by atoms with Crippen LogP contribution in [0.5, 0.6) is 0 Å². The van der Waals surface area contributed by atoms with Gasteiger partial charge in [0, 0.05) is 13.1 Å². The molecular formula is C25H27FN2O2. The van der Waals surface area contributed by atoms with E-state index in [1.54, 1.807) is 12.1 Å². The Bertz CT molecular complexity index is 1030. The van der Waals surface area contributed by atoms with Crippen molar-refractivity contribution >= 4 is 23.1 Å². The molecule has 2 unspecified atom stereocenters. The molecule has 1 saturated heterocycles. The summed E-state index contributed by atoms with van der Waals surface area (Å²) in [4.78, 5) is 30.6. The minimum Gasteiger partial charge on any atom is -0.366 e. The van der Waals surface area contributed by atoms with Gasteiger partial charge in [-0.2, -0.15) is 0 Å². The third-order valence-corrected chi connectivity index (χ3v) is 5.98. The van der Waals surface area contributed by atoms with Crippen LogP contribution >= 0.6 is 0 Å². The molecule has 2 aliphatic heterocycles. The van der Waals surface area contributed by atoms with Gasteiger partial charge in [0.15, 0.2) is 0 Å². The SMILES string of the molecule is Cc1ccc(C)c(N2C(=O)C(c3ccc(F)cc3)=C(N3CC(C)CC(C)C3)C2=O)c1. The maximum Gasteiger partial charge on any atom is 0.282 e. The van der Waals surface area contributed by atoms with Crippen LogP contribution in [0.25, 0.3) is 5.57 Å². The second kappa shape index (κ2) is 7.71. The van der Waals surface area contributed by atoms with Gasteiger partial charge in [-0.15, -0.1) is 0 Å². The highest BCUT2D eigenvalue weighted by atomic mass is 19.1. The number of anilines is 1. The maximum absolute atomic E-state index is 13.7. The summed E-state index contributed by atoms with van der Waals surface area (Å²) in [5, 5.41) is 0. The number of benzene rings is 2. The fourth-order valence-electron chi connectivity index (χ4n) is 4.71. The predicted octanol–water partition coefficient (Wildman–Crippen LogP) is 4.70. The smallest absolute Gasteiger partial charge is 0.282 e. The van der Waals surface area contributed by atoms with Crippen LogP contribution < -0.4 is 4.90 Å². The Morgan fingerprint density at radius 3 is 2.17 bits per heavy atom. The lowest BCUT2D eigenvalue weighted by molar-refractivity contribution is -0.120. The molecule has 0 aliphatic carbocycles. The first-order valence-electron chi connectivity index (χ1n) is 10.5. The molecular weight excluding hydrogens is 379 g/mol. The van der Waals surface area contributed by atoms with E-state index in [-0.39, 0.29) is 17.6 Å². The number of likely N-dealkylation sites (tertiary alicyclic amines) is 1. The van der Waals surface area contributed by atoms with Gasteiger partial charge in [-0.3, -0.25) is 9.59 Å². The van der Waals surface area contributed by atoms with Gasteiger partial charge in [0.25, 0.3) is 11.8 Å². The molecule has 2 aromatic rings. The monoisotopic (exact) mass is 406 g/mol. The third kappa shape index (κ3) is 3.53. The molecule has 2 aliphatic rings. The van der Waals surface area contributed by atoms with Gasteiger partial charge in [0.1, 0.15) is 11.5 Å².